The molecule has 6 heteroatoms. The molecule has 0 saturated carbocycles. The van der Waals surface area contributed by atoms with Gasteiger partial charge in [0.15, 0.2) is 5.16 Å². The maximum Gasteiger partial charge on any atom is 0.234 e. The van der Waals surface area contributed by atoms with Gasteiger partial charge in [0.2, 0.25) is 5.78 Å². The molecule has 0 saturated heterocycles. The summed E-state index contributed by atoms with van der Waals surface area (Å²) < 4.78 is 2.07. The van der Waals surface area contributed by atoms with Crippen molar-refractivity contribution in [1.29, 1.82) is 0 Å². The van der Waals surface area contributed by atoms with E-state index in [4.69, 9.17) is 4.98 Å². The van der Waals surface area contributed by atoms with Crippen molar-refractivity contribution in [3.8, 4) is 11.3 Å². The van der Waals surface area contributed by atoms with Crippen molar-refractivity contribution in [2.75, 3.05) is 0 Å². The van der Waals surface area contributed by atoms with Gasteiger partial charge in [0.25, 0.3) is 0 Å². The van der Waals surface area contributed by atoms with Gasteiger partial charge in [-0.05, 0) is 37.5 Å². The standard InChI is InChI=1S/C25H23N5S/c1-17-13-18(2)30-16-22(28-24(30)27-17)23(14-19-9-5-3-6-10-19)31-25-26-15-21(29-25)20-11-7-4-8-12-20/h3-13,15-16,23H,14H2,1-2H3,(H,26,29). The van der Waals surface area contributed by atoms with Gasteiger partial charge in [-0.1, -0.05) is 72.4 Å². The van der Waals surface area contributed by atoms with Gasteiger partial charge in [-0.2, -0.15) is 0 Å². The number of aryl methyl sites for hydroxylation is 2. The van der Waals surface area contributed by atoms with Gasteiger partial charge in [0, 0.05) is 17.6 Å². The van der Waals surface area contributed by atoms with Crippen LogP contribution in [0.25, 0.3) is 17.0 Å². The Hall–Kier alpha value is -3.38. The number of hydrogen-bond donors (Lipinski definition) is 1. The number of aromatic amines is 1. The third-order valence-corrected chi connectivity index (χ3v) is 6.39. The molecule has 3 heterocycles. The molecule has 5 aromatic rings. The molecule has 0 radical (unpaired) electrons. The number of nitrogens with one attached hydrogen (secondary N) is 1. The Kier molecular flexibility index (Phi) is 5.30. The number of imidazole rings is 2. The first-order valence-corrected chi connectivity index (χ1v) is 11.2. The summed E-state index contributed by atoms with van der Waals surface area (Å²) in [6.07, 6.45) is 4.86. The van der Waals surface area contributed by atoms with Crippen molar-refractivity contribution in [2.24, 2.45) is 0 Å². The summed E-state index contributed by atoms with van der Waals surface area (Å²) in [6.45, 7) is 4.09. The van der Waals surface area contributed by atoms with Crippen molar-refractivity contribution in [2.45, 2.75) is 30.7 Å². The first kappa shape index (κ1) is 19.6. The maximum atomic E-state index is 4.88. The van der Waals surface area contributed by atoms with E-state index in [1.165, 1.54) is 5.56 Å². The Bertz CT molecular complexity index is 1310. The molecule has 0 aliphatic heterocycles. The highest BCUT2D eigenvalue weighted by Crippen LogP contribution is 2.37. The maximum absolute atomic E-state index is 4.88. The molecule has 1 atom stereocenters. The van der Waals surface area contributed by atoms with Crippen LogP contribution in [0.2, 0.25) is 0 Å². The Morgan fingerprint density at radius 3 is 2.48 bits per heavy atom. The Labute approximate surface area is 185 Å². The summed E-state index contributed by atoms with van der Waals surface area (Å²) in [7, 11) is 0. The summed E-state index contributed by atoms with van der Waals surface area (Å²) in [5.74, 6) is 0.746. The number of benzene rings is 2. The molecule has 31 heavy (non-hydrogen) atoms. The summed E-state index contributed by atoms with van der Waals surface area (Å²) in [5.41, 5.74) is 6.54. The molecule has 3 aromatic heterocycles. The molecule has 5 nitrogen and oxygen atoms in total. The van der Waals surface area contributed by atoms with E-state index in [0.717, 1.165) is 45.7 Å². The highest BCUT2D eigenvalue weighted by molar-refractivity contribution is 7.99. The van der Waals surface area contributed by atoms with Crippen LogP contribution in [0, 0.1) is 13.8 Å². The number of nitrogens with zero attached hydrogens (tertiary/aromatic N) is 4. The summed E-state index contributed by atoms with van der Waals surface area (Å²) >= 11 is 1.71. The molecule has 1 unspecified atom stereocenters. The second-order valence-corrected chi connectivity index (χ2v) is 8.83. The number of thioether (sulfide) groups is 1. The first-order valence-electron chi connectivity index (χ1n) is 10.3. The zero-order valence-electron chi connectivity index (χ0n) is 17.5. The SMILES string of the molecule is Cc1cc(C)n2cc(C(Cc3ccccc3)Sc3ncc(-c4ccccc4)[nH]3)nc2n1. The molecule has 5 rings (SSSR count). The van der Waals surface area contributed by atoms with Crippen LogP contribution in [-0.2, 0) is 6.42 Å². The molecule has 0 aliphatic rings. The van der Waals surface area contributed by atoms with Crippen molar-refractivity contribution < 1.29 is 0 Å². The second-order valence-electron chi connectivity index (χ2n) is 7.64. The van der Waals surface area contributed by atoms with Gasteiger partial charge >= 0.3 is 0 Å². The smallest absolute Gasteiger partial charge is 0.234 e. The highest BCUT2D eigenvalue weighted by Gasteiger charge is 2.20. The predicted octanol–water partition coefficient (Wildman–Crippen LogP) is 5.81. The van der Waals surface area contributed by atoms with Crippen molar-refractivity contribution >= 4 is 17.5 Å². The van der Waals surface area contributed by atoms with E-state index in [2.05, 4.69) is 74.9 Å². The van der Waals surface area contributed by atoms with E-state index in [1.54, 1.807) is 11.8 Å². The first-order chi connectivity index (χ1) is 15.2. The van der Waals surface area contributed by atoms with Crippen molar-refractivity contribution in [1.82, 2.24) is 24.3 Å². The van der Waals surface area contributed by atoms with Gasteiger partial charge < -0.3 is 4.98 Å². The minimum absolute atomic E-state index is 0.110. The minimum atomic E-state index is 0.110. The number of hydrogen-bond acceptors (Lipinski definition) is 4. The monoisotopic (exact) mass is 425 g/mol. The average Bonchev–Trinajstić information content (AvgIpc) is 3.42. The molecule has 1 N–H and O–H groups in total. The van der Waals surface area contributed by atoms with Crippen LogP contribution in [-0.4, -0.2) is 24.3 Å². The Balaban J connectivity index is 1.49. The van der Waals surface area contributed by atoms with E-state index in [9.17, 15) is 0 Å². The van der Waals surface area contributed by atoms with Crippen LogP contribution in [0.1, 0.15) is 27.9 Å². The third-order valence-electron chi connectivity index (χ3n) is 5.27. The van der Waals surface area contributed by atoms with Crippen LogP contribution in [0.3, 0.4) is 0 Å². The summed E-state index contributed by atoms with van der Waals surface area (Å²) in [5, 5.41) is 0.997. The van der Waals surface area contributed by atoms with Crippen molar-refractivity contribution in [3.63, 3.8) is 0 Å². The van der Waals surface area contributed by atoms with E-state index in [0.29, 0.717) is 0 Å². The predicted molar refractivity (Wildman–Crippen MR) is 125 cm³/mol. The quantitative estimate of drug-likeness (QED) is 0.349. The average molecular weight is 426 g/mol. The minimum Gasteiger partial charge on any atom is -0.333 e. The van der Waals surface area contributed by atoms with Crippen LogP contribution in [0.5, 0.6) is 0 Å². The molecule has 2 aromatic carbocycles. The topological polar surface area (TPSA) is 58.9 Å². The van der Waals surface area contributed by atoms with Crippen LogP contribution >= 0.6 is 11.8 Å². The molecular formula is C25H23N5S. The van der Waals surface area contributed by atoms with Gasteiger partial charge in [-0.3, -0.25) is 4.40 Å². The largest absolute Gasteiger partial charge is 0.333 e. The highest BCUT2D eigenvalue weighted by atomic mass is 32.2. The lowest BCUT2D eigenvalue weighted by Gasteiger charge is -2.13. The van der Waals surface area contributed by atoms with Gasteiger partial charge in [0.1, 0.15) is 0 Å². The summed E-state index contributed by atoms with van der Waals surface area (Å²) in [6, 6.07) is 22.9. The lowest BCUT2D eigenvalue weighted by molar-refractivity contribution is 0.888. The van der Waals surface area contributed by atoms with Crippen molar-refractivity contribution in [3.05, 3.63) is 102 Å². The molecule has 0 bridgehead atoms. The molecule has 0 amide bonds. The molecule has 154 valence electrons. The fourth-order valence-electron chi connectivity index (χ4n) is 3.74. The van der Waals surface area contributed by atoms with Crippen LogP contribution in [0.15, 0.2) is 84.3 Å². The zero-order chi connectivity index (χ0) is 21.2. The molecule has 0 aliphatic carbocycles. The summed E-state index contributed by atoms with van der Waals surface area (Å²) in [4.78, 5) is 17.6. The number of rotatable bonds is 6. The number of H-pyrrole nitrogens is 1. The fourth-order valence-corrected chi connectivity index (χ4v) is 4.80. The molecule has 0 fully saturated rings. The van der Waals surface area contributed by atoms with Crippen LogP contribution in [0.4, 0.5) is 0 Å². The van der Waals surface area contributed by atoms with Gasteiger partial charge in [-0.15, -0.1) is 0 Å². The number of fused-ring (bicyclic) bond motifs is 1. The van der Waals surface area contributed by atoms with E-state index < -0.39 is 0 Å². The van der Waals surface area contributed by atoms with E-state index >= 15 is 0 Å². The lowest BCUT2D eigenvalue weighted by atomic mass is 10.1. The van der Waals surface area contributed by atoms with Gasteiger partial charge in [0.05, 0.1) is 22.8 Å². The normalized spacial score (nSPS) is 12.3. The molecular weight excluding hydrogens is 402 g/mol. The Morgan fingerprint density at radius 1 is 0.968 bits per heavy atom. The van der Waals surface area contributed by atoms with E-state index in [-0.39, 0.29) is 5.25 Å². The Morgan fingerprint density at radius 2 is 1.71 bits per heavy atom. The second kappa shape index (κ2) is 8.40. The third kappa shape index (κ3) is 4.25. The fraction of sp³-hybridized carbons (Fsp3) is 0.160. The molecule has 0 spiro atoms. The van der Waals surface area contributed by atoms with E-state index in [1.807, 2.05) is 37.4 Å². The zero-order valence-corrected chi connectivity index (χ0v) is 18.3. The van der Waals surface area contributed by atoms with Crippen LogP contribution < -0.4 is 0 Å². The lowest BCUT2D eigenvalue weighted by Crippen LogP contribution is -2.00. The number of aromatic nitrogens is 5. The van der Waals surface area contributed by atoms with Gasteiger partial charge in [-0.25, -0.2) is 15.0 Å².